The van der Waals surface area contributed by atoms with Crippen molar-refractivity contribution in [2.24, 2.45) is 5.73 Å². The summed E-state index contributed by atoms with van der Waals surface area (Å²) < 4.78 is 53.4. The van der Waals surface area contributed by atoms with Crippen molar-refractivity contribution in [2.45, 2.75) is 39.4 Å². The number of hydrogen-bond acceptors (Lipinski definition) is 6. The number of nitrogens with two attached hydrogens (primary N) is 1. The van der Waals surface area contributed by atoms with Crippen LogP contribution in [0.4, 0.5) is 23.8 Å². The third-order valence-electron chi connectivity index (χ3n) is 4.97. The van der Waals surface area contributed by atoms with Crippen LogP contribution in [0.25, 0.3) is 11.1 Å². The molecule has 12 heteroatoms. The van der Waals surface area contributed by atoms with E-state index in [0.29, 0.717) is 11.1 Å². The molecule has 2 aromatic carbocycles. The highest BCUT2D eigenvalue weighted by Gasteiger charge is 2.32. The van der Waals surface area contributed by atoms with Crippen LogP contribution in [-0.4, -0.2) is 42.3 Å². The second kappa shape index (κ2) is 11.8. The number of urea groups is 1. The zero-order chi connectivity index (χ0) is 26.3. The maximum atomic E-state index is 12.8. The van der Waals surface area contributed by atoms with Gasteiger partial charge < -0.3 is 25.3 Å². The van der Waals surface area contributed by atoms with E-state index in [1.165, 1.54) is 25.3 Å². The van der Waals surface area contributed by atoms with Crippen LogP contribution in [0.2, 0.25) is 0 Å². The first-order valence-corrected chi connectivity index (χ1v) is 11.0. The topological polar surface area (TPSA) is 124 Å². The lowest BCUT2D eigenvalue weighted by Gasteiger charge is -2.15. The fourth-order valence-electron chi connectivity index (χ4n) is 3.42. The van der Waals surface area contributed by atoms with Crippen molar-refractivity contribution in [2.75, 3.05) is 19.0 Å². The number of ether oxygens (including phenoxy) is 3. The number of carbonyl (C=O) groups excluding carboxylic acids is 1. The van der Waals surface area contributed by atoms with Crippen LogP contribution in [0, 0.1) is 6.92 Å². The number of alkyl halides is 3. The standard InChI is InChI=1S/C24H28F3N5O4/c1-14-6-4-5-7-18(14)20-21(31-32-22(20)35-12-15(2)28)30-23(33)29-11-17-10-16(13-34-3)8-9-19(17)36-24(25,26)27/h4-10,15H,11-13,28H2,1-3H3,(H3,29,30,31,32,33)/t15-/m1/s1. The third kappa shape index (κ3) is 7.36. The number of hydrogen-bond donors (Lipinski definition) is 4. The van der Waals surface area contributed by atoms with E-state index in [-0.39, 0.29) is 43.1 Å². The van der Waals surface area contributed by atoms with Crippen LogP contribution in [0.15, 0.2) is 42.5 Å². The average molecular weight is 508 g/mol. The van der Waals surface area contributed by atoms with Gasteiger partial charge in [0.05, 0.1) is 12.2 Å². The van der Waals surface area contributed by atoms with E-state index in [1.54, 1.807) is 6.92 Å². The van der Waals surface area contributed by atoms with Gasteiger partial charge in [-0.25, -0.2) is 4.79 Å². The van der Waals surface area contributed by atoms with Gasteiger partial charge in [0.1, 0.15) is 18.2 Å². The van der Waals surface area contributed by atoms with E-state index in [0.717, 1.165) is 11.1 Å². The summed E-state index contributed by atoms with van der Waals surface area (Å²) in [5.74, 6) is 0.0859. The molecule has 0 saturated carbocycles. The molecule has 9 nitrogen and oxygen atoms in total. The van der Waals surface area contributed by atoms with Crippen molar-refractivity contribution in [3.8, 4) is 22.8 Å². The first-order valence-electron chi connectivity index (χ1n) is 11.0. The Morgan fingerprint density at radius 2 is 1.97 bits per heavy atom. The molecule has 0 aliphatic rings. The molecule has 0 saturated heterocycles. The monoisotopic (exact) mass is 507 g/mol. The molecule has 0 fully saturated rings. The van der Waals surface area contributed by atoms with Crippen molar-refractivity contribution < 1.29 is 32.2 Å². The van der Waals surface area contributed by atoms with Crippen molar-refractivity contribution in [3.05, 3.63) is 59.2 Å². The van der Waals surface area contributed by atoms with Crippen molar-refractivity contribution >= 4 is 11.8 Å². The number of methoxy groups -OCH3 is 1. The van der Waals surface area contributed by atoms with Gasteiger partial charge in [-0.15, -0.1) is 18.3 Å². The molecule has 2 amide bonds. The molecule has 194 valence electrons. The van der Waals surface area contributed by atoms with Crippen LogP contribution < -0.4 is 25.8 Å². The van der Waals surface area contributed by atoms with E-state index in [4.69, 9.17) is 15.2 Å². The molecular formula is C24H28F3N5O4. The number of halogens is 3. The molecule has 0 aliphatic carbocycles. The van der Waals surface area contributed by atoms with Crippen LogP contribution >= 0.6 is 0 Å². The third-order valence-corrected chi connectivity index (χ3v) is 4.97. The Balaban J connectivity index is 1.81. The number of nitrogens with one attached hydrogen (secondary N) is 3. The maximum Gasteiger partial charge on any atom is 0.573 e. The van der Waals surface area contributed by atoms with Crippen LogP contribution in [0.5, 0.6) is 11.6 Å². The molecule has 1 heterocycles. The first kappa shape index (κ1) is 26.8. The molecular weight excluding hydrogens is 479 g/mol. The summed E-state index contributed by atoms with van der Waals surface area (Å²) in [6, 6.07) is 10.7. The Kier molecular flexibility index (Phi) is 8.78. The minimum atomic E-state index is -4.88. The van der Waals surface area contributed by atoms with Crippen LogP contribution in [-0.2, 0) is 17.9 Å². The second-order valence-corrected chi connectivity index (χ2v) is 8.11. The molecule has 0 spiro atoms. The molecule has 1 atom stereocenters. The molecule has 3 aromatic rings. The summed E-state index contributed by atoms with van der Waals surface area (Å²) >= 11 is 0. The predicted molar refractivity (Wildman–Crippen MR) is 128 cm³/mol. The zero-order valence-corrected chi connectivity index (χ0v) is 20.0. The van der Waals surface area contributed by atoms with E-state index in [1.807, 2.05) is 31.2 Å². The highest BCUT2D eigenvalue weighted by Crippen LogP contribution is 2.37. The van der Waals surface area contributed by atoms with Gasteiger partial charge in [-0.05, 0) is 42.7 Å². The smallest absolute Gasteiger partial charge is 0.474 e. The summed E-state index contributed by atoms with van der Waals surface area (Å²) in [6.45, 7) is 3.83. The van der Waals surface area contributed by atoms with E-state index < -0.39 is 18.1 Å². The van der Waals surface area contributed by atoms with E-state index in [9.17, 15) is 18.0 Å². The summed E-state index contributed by atoms with van der Waals surface area (Å²) in [5, 5.41) is 12.1. The SMILES string of the molecule is COCc1ccc(OC(F)(F)F)c(CNC(=O)Nc2[nH]nc(OC[C@@H](C)N)c2-c2ccccc2C)c1. The lowest BCUT2D eigenvalue weighted by molar-refractivity contribution is -0.274. The normalized spacial score (nSPS) is 12.2. The molecule has 1 aromatic heterocycles. The Labute approximate surface area is 206 Å². The van der Waals surface area contributed by atoms with Gasteiger partial charge >= 0.3 is 12.4 Å². The lowest BCUT2D eigenvalue weighted by atomic mass is 10.0. The Morgan fingerprint density at radius 1 is 1.22 bits per heavy atom. The van der Waals surface area contributed by atoms with Gasteiger partial charge in [0.2, 0.25) is 5.88 Å². The van der Waals surface area contributed by atoms with Crippen LogP contribution in [0.1, 0.15) is 23.6 Å². The van der Waals surface area contributed by atoms with Gasteiger partial charge in [-0.1, -0.05) is 30.3 Å². The molecule has 0 bridgehead atoms. The number of aromatic amines is 1. The van der Waals surface area contributed by atoms with Gasteiger partial charge in [0.15, 0.2) is 0 Å². The van der Waals surface area contributed by atoms with Crippen molar-refractivity contribution in [3.63, 3.8) is 0 Å². The molecule has 0 radical (unpaired) electrons. The first-order chi connectivity index (χ1) is 17.1. The summed E-state index contributed by atoms with van der Waals surface area (Å²) in [6.07, 6.45) is -4.88. The van der Waals surface area contributed by atoms with Gasteiger partial charge in [-0.3, -0.25) is 10.4 Å². The Morgan fingerprint density at radius 3 is 2.64 bits per heavy atom. The van der Waals surface area contributed by atoms with Gasteiger partial charge in [0.25, 0.3) is 0 Å². The molecule has 3 rings (SSSR count). The number of rotatable bonds is 10. The largest absolute Gasteiger partial charge is 0.573 e. The van der Waals surface area contributed by atoms with Crippen molar-refractivity contribution in [1.29, 1.82) is 0 Å². The molecule has 0 unspecified atom stereocenters. The Hall–Kier alpha value is -3.77. The van der Waals surface area contributed by atoms with E-state index in [2.05, 4.69) is 25.6 Å². The fraction of sp³-hybridized carbons (Fsp3) is 0.333. The van der Waals surface area contributed by atoms with E-state index >= 15 is 0 Å². The molecule has 5 N–H and O–H groups in total. The number of aromatic nitrogens is 2. The minimum Gasteiger partial charge on any atom is -0.474 e. The highest BCUT2D eigenvalue weighted by molar-refractivity contribution is 5.94. The lowest BCUT2D eigenvalue weighted by Crippen LogP contribution is -2.29. The number of aryl methyl sites for hydroxylation is 1. The number of nitrogens with zero attached hydrogens (tertiary/aromatic N) is 1. The second-order valence-electron chi connectivity index (χ2n) is 8.11. The number of anilines is 1. The quantitative estimate of drug-likeness (QED) is 0.321. The van der Waals surface area contributed by atoms with Gasteiger partial charge in [-0.2, -0.15) is 0 Å². The van der Waals surface area contributed by atoms with Gasteiger partial charge in [0, 0.05) is 25.3 Å². The fourth-order valence-corrected chi connectivity index (χ4v) is 3.42. The Bertz CT molecular complexity index is 1180. The number of amides is 2. The van der Waals surface area contributed by atoms with Crippen molar-refractivity contribution in [1.82, 2.24) is 15.5 Å². The average Bonchev–Trinajstić information content (AvgIpc) is 3.19. The minimum absolute atomic E-state index is 0.127. The molecule has 0 aliphatic heterocycles. The zero-order valence-electron chi connectivity index (χ0n) is 20.0. The number of benzene rings is 2. The maximum absolute atomic E-state index is 12.8. The summed E-state index contributed by atoms with van der Waals surface area (Å²) in [4.78, 5) is 12.7. The predicted octanol–water partition coefficient (Wildman–Crippen LogP) is 4.48. The summed E-state index contributed by atoms with van der Waals surface area (Å²) in [7, 11) is 1.47. The van der Waals surface area contributed by atoms with Crippen LogP contribution in [0.3, 0.4) is 0 Å². The number of H-pyrrole nitrogens is 1. The highest BCUT2D eigenvalue weighted by atomic mass is 19.4. The molecule has 36 heavy (non-hydrogen) atoms. The summed E-state index contributed by atoms with van der Waals surface area (Å²) in [5.41, 5.74) is 8.74. The number of carbonyl (C=O) groups is 1.